The lowest BCUT2D eigenvalue weighted by Gasteiger charge is -2.16. The fourth-order valence-corrected chi connectivity index (χ4v) is 3.01. The van der Waals surface area contributed by atoms with Crippen LogP contribution in [0.1, 0.15) is 12.5 Å². The smallest absolute Gasteiger partial charge is 0.229 e. The fraction of sp³-hybridized carbons (Fsp3) is 0.292. The highest BCUT2D eigenvalue weighted by atomic mass is 16.5. The number of carbonyl (C=O) groups is 1. The monoisotopic (exact) mass is 450 g/mol. The number of benzene rings is 2. The summed E-state index contributed by atoms with van der Waals surface area (Å²) in [5.41, 5.74) is 2.43. The second-order valence-electron chi connectivity index (χ2n) is 7.84. The number of nitrogens with one attached hydrogen (secondary N) is 3. The second kappa shape index (κ2) is 11.8. The number of hydrogen-bond donors (Lipinski definition) is 4. The van der Waals surface area contributed by atoms with E-state index in [9.17, 15) is 9.90 Å². The van der Waals surface area contributed by atoms with Gasteiger partial charge in [-0.3, -0.25) is 4.79 Å². The minimum atomic E-state index is -0.558. The maximum absolute atomic E-state index is 11.3. The van der Waals surface area contributed by atoms with Crippen LogP contribution in [-0.2, 0) is 11.3 Å². The van der Waals surface area contributed by atoms with Gasteiger partial charge in [0, 0.05) is 43.1 Å². The van der Waals surface area contributed by atoms with Gasteiger partial charge in [0.05, 0.1) is 0 Å². The topological polar surface area (TPSA) is 112 Å². The Balaban J connectivity index is 1.68. The highest BCUT2D eigenvalue weighted by Gasteiger charge is 2.10. The lowest BCUT2D eigenvalue weighted by Crippen LogP contribution is -2.30. The van der Waals surface area contributed by atoms with Crippen LogP contribution in [0.25, 0.3) is 0 Å². The van der Waals surface area contributed by atoms with Gasteiger partial charge in [-0.1, -0.05) is 18.2 Å². The summed E-state index contributed by atoms with van der Waals surface area (Å²) in [6.45, 7) is 2.54. The first kappa shape index (κ1) is 24.0. The van der Waals surface area contributed by atoms with E-state index in [0.717, 1.165) is 16.9 Å². The largest absolute Gasteiger partial charge is 0.491 e. The van der Waals surface area contributed by atoms with Crippen molar-refractivity contribution in [3.63, 3.8) is 0 Å². The second-order valence-corrected chi connectivity index (χ2v) is 7.84. The van der Waals surface area contributed by atoms with Crippen LogP contribution in [0.4, 0.5) is 23.1 Å². The van der Waals surface area contributed by atoms with Gasteiger partial charge >= 0.3 is 0 Å². The first-order valence-electron chi connectivity index (χ1n) is 10.6. The van der Waals surface area contributed by atoms with E-state index in [1.54, 1.807) is 6.20 Å². The van der Waals surface area contributed by atoms with Gasteiger partial charge in [-0.05, 0) is 50.5 Å². The van der Waals surface area contributed by atoms with Crippen molar-refractivity contribution in [1.82, 2.24) is 20.2 Å². The molecule has 3 rings (SSSR count). The van der Waals surface area contributed by atoms with Crippen molar-refractivity contribution < 1.29 is 14.6 Å². The minimum absolute atomic E-state index is 0.126. The molecule has 4 N–H and O–H groups in total. The minimum Gasteiger partial charge on any atom is -0.491 e. The van der Waals surface area contributed by atoms with Gasteiger partial charge in [-0.15, -0.1) is 0 Å². The fourth-order valence-electron chi connectivity index (χ4n) is 3.01. The first-order chi connectivity index (χ1) is 15.9. The van der Waals surface area contributed by atoms with Crippen molar-refractivity contribution in [3.8, 4) is 5.75 Å². The number of rotatable bonds is 11. The van der Waals surface area contributed by atoms with Crippen molar-refractivity contribution in [1.29, 1.82) is 0 Å². The molecule has 0 saturated heterocycles. The Labute approximate surface area is 193 Å². The maximum atomic E-state index is 11.3. The van der Waals surface area contributed by atoms with Crippen molar-refractivity contribution in [2.45, 2.75) is 19.6 Å². The number of hydrogen-bond acceptors (Lipinski definition) is 8. The molecule has 1 amide bonds. The molecule has 0 saturated carbocycles. The molecule has 3 aromatic rings. The number of aromatic nitrogens is 2. The summed E-state index contributed by atoms with van der Waals surface area (Å²) >= 11 is 0. The van der Waals surface area contributed by atoms with E-state index < -0.39 is 6.10 Å². The van der Waals surface area contributed by atoms with Crippen molar-refractivity contribution in [2.24, 2.45) is 0 Å². The van der Waals surface area contributed by atoms with Crippen LogP contribution < -0.4 is 20.7 Å². The van der Waals surface area contributed by atoms with E-state index in [-0.39, 0.29) is 12.5 Å². The molecule has 0 fully saturated rings. The molecule has 2 aromatic carbocycles. The Bertz CT molecular complexity index is 1030. The van der Waals surface area contributed by atoms with Gasteiger partial charge in [-0.25, -0.2) is 4.98 Å². The summed E-state index contributed by atoms with van der Waals surface area (Å²) in [4.78, 5) is 22.2. The van der Waals surface area contributed by atoms with E-state index in [4.69, 9.17) is 4.74 Å². The average Bonchev–Trinajstić information content (AvgIpc) is 2.78. The van der Waals surface area contributed by atoms with Gasteiger partial charge in [0.15, 0.2) is 0 Å². The van der Waals surface area contributed by atoms with Gasteiger partial charge in [0.1, 0.15) is 24.3 Å². The molecule has 1 heterocycles. The Morgan fingerprint density at radius 1 is 1.06 bits per heavy atom. The van der Waals surface area contributed by atoms with Gasteiger partial charge in [-0.2, -0.15) is 4.98 Å². The zero-order valence-corrected chi connectivity index (χ0v) is 19.1. The lowest BCUT2D eigenvalue weighted by atomic mass is 10.2. The molecule has 0 aliphatic rings. The van der Waals surface area contributed by atoms with Crippen LogP contribution in [0.3, 0.4) is 0 Å². The van der Waals surface area contributed by atoms with E-state index >= 15 is 0 Å². The third kappa shape index (κ3) is 8.06. The lowest BCUT2D eigenvalue weighted by molar-refractivity contribution is -0.119. The summed E-state index contributed by atoms with van der Waals surface area (Å²) < 4.78 is 5.64. The predicted molar refractivity (Wildman–Crippen MR) is 129 cm³/mol. The zero-order valence-electron chi connectivity index (χ0n) is 19.1. The van der Waals surface area contributed by atoms with Crippen molar-refractivity contribution in [2.75, 3.05) is 37.9 Å². The van der Waals surface area contributed by atoms with Crippen molar-refractivity contribution in [3.05, 3.63) is 66.4 Å². The number of para-hydroxylation sites is 1. The van der Waals surface area contributed by atoms with E-state index in [1.807, 2.05) is 73.6 Å². The van der Waals surface area contributed by atoms with Crippen LogP contribution in [0, 0.1) is 0 Å². The normalized spacial score (nSPS) is 11.7. The summed E-state index contributed by atoms with van der Waals surface area (Å²) in [7, 11) is 3.80. The van der Waals surface area contributed by atoms with Crippen LogP contribution >= 0.6 is 0 Å². The zero-order chi connectivity index (χ0) is 23.6. The predicted octanol–water partition coefficient (Wildman–Crippen LogP) is 2.90. The van der Waals surface area contributed by atoms with Crippen molar-refractivity contribution >= 4 is 29.0 Å². The molecule has 0 radical (unpaired) electrons. The molecule has 33 heavy (non-hydrogen) atoms. The third-order valence-corrected chi connectivity index (χ3v) is 4.56. The maximum Gasteiger partial charge on any atom is 0.229 e. The number of anilines is 4. The highest BCUT2D eigenvalue weighted by Crippen LogP contribution is 2.23. The number of likely N-dealkylation sites (N-methyl/N-ethyl adjacent to an activating group) is 1. The molecule has 0 aliphatic heterocycles. The molecular weight excluding hydrogens is 420 g/mol. The summed E-state index contributed by atoms with van der Waals surface area (Å²) in [5.74, 6) is 1.55. The van der Waals surface area contributed by atoms with Gasteiger partial charge in [0.2, 0.25) is 11.9 Å². The number of ether oxygens (including phenoxy) is 1. The summed E-state index contributed by atoms with van der Waals surface area (Å²) in [6, 6.07) is 17.0. The van der Waals surface area contributed by atoms with Crippen LogP contribution in [0.15, 0.2) is 60.8 Å². The molecule has 0 aliphatic carbocycles. The molecule has 174 valence electrons. The van der Waals surface area contributed by atoms with E-state index in [2.05, 4.69) is 25.9 Å². The Morgan fingerprint density at radius 3 is 2.42 bits per heavy atom. The third-order valence-electron chi connectivity index (χ3n) is 4.56. The first-order valence-corrected chi connectivity index (χ1v) is 10.6. The summed E-state index contributed by atoms with van der Waals surface area (Å²) in [6.07, 6.45) is 1.12. The molecule has 1 atom stereocenters. The summed E-state index contributed by atoms with van der Waals surface area (Å²) in [5, 5.41) is 19.2. The average molecular weight is 451 g/mol. The number of amides is 1. The van der Waals surface area contributed by atoms with Crippen LogP contribution in [-0.4, -0.2) is 59.2 Å². The van der Waals surface area contributed by atoms with Crippen LogP contribution in [0.2, 0.25) is 0 Å². The standard InChI is InChI=1S/C24H30N6O3/c1-17(31)25-13-18-14-26-24(29-23(18)27-19-7-5-4-6-8-19)28-20-9-11-22(12-10-20)33-16-21(32)15-30(2)3/h4-12,14,21,32H,13,15-16H2,1-3H3,(H,25,31)(H2,26,27,28,29). The van der Waals surface area contributed by atoms with Gasteiger partial charge < -0.3 is 30.7 Å². The van der Waals surface area contributed by atoms with E-state index in [1.165, 1.54) is 6.92 Å². The number of nitrogens with zero attached hydrogens (tertiary/aromatic N) is 3. The Kier molecular flexibility index (Phi) is 8.56. The molecule has 1 unspecified atom stereocenters. The molecular formula is C24H30N6O3. The number of aliphatic hydroxyl groups is 1. The molecule has 9 nitrogen and oxygen atoms in total. The molecule has 0 bridgehead atoms. The number of aliphatic hydroxyl groups excluding tert-OH is 1. The Morgan fingerprint density at radius 2 is 1.76 bits per heavy atom. The molecule has 1 aromatic heterocycles. The Hall–Kier alpha value is -3.69. The molecule has 9 heteroatoms. The number of carbonyl (C=O) groups excluding carboxylic acids is 1. The molecule has 0 spiro atoms. The SMILES string of the molecule is CC(=O)NCc1cnc(Nc2ccc(OCC(O)CN(C)C)cc2)nc1Nc1ccccc1. The highest BCUT2D eigenvalue weighted by molar-refractivity contribution is 5.73. The van der Waals surface area contributed by atoms with Gasteiger partial charge in [0.25, 0.3) is 0 Å². The van der Waals surface area contributed by atoms with Crippen LogP contribution in [0.5, 0.6) is 5.75 Å². The van der Waals surface area contributed by atoms with E-state index in [0.29, 0.717) is 30.6 Å². The quantitative estimate of drug-likeness (QED) is 0.353.